The van der Waals surface area contributed by atoms with Gasteiger partial charge in [0, 0.05) is 5.73 Å². The van der Waals surface area contributed by atoms with Crippen LogP contribution in [0.15, 0.2) is 0 Å². The standard InChI is InChI=1S/C16H38O2Si2/c1-10-20(11-2,12-3)18-15(13-14(4)17)19(8,9)16(5,6)7/h14-15,17H,10-13H2,1-9H3/t14-,15+/m1/s1. The van der Waals surface area contributed by atoms with E-state index in [9.17, 15) is 5.11 Å². The van der Waals surface area contributed by atoms with Gasteiger partial charge in [-0.2, -0.15) is 0 Å². The fourth-order valence-electron chi connectivity index (χ4n) is 2.58. The summed E-state index contributed by atoms with van der Waals surface area (Å²) >= 11 is 0. The van der Waals surface area contributed by atoms with Crippen molar-refractivity contribution >= 4 is 16.4 Å². The van der Waals surface area contributed by atoms with Gasteiger partial charge in [0.25, 0.3) is 0 Å². The Hall–Kier alpha value is 0.354. The van der Waals surface area contributed by atoms with E-state index in [0.717, 1.165) is 6.42 Å². The second-order valence-corrected chi connectivity index (χ2v) is 18.2. The monoisotopic (exact) mass is 318 g/mol. The molecule has 0 heterocycles. The van der Waals surface area contributed by atoms with Crippen molar-refractivity contribution in [3.8, 4) is 0 Å². The average molecular weight is 319 g/mol. The highest BCUT2D eigenvalue weighted by Gasteiger charge is 2.46. The number of hydrogen-bond donors (Lipinski definition) is 1. The van der Waals surface area contributed by atoms with Crippen LogP contribution in [0.4, 0.5) is 0 Å². The third-order valence-corrected chi connectivity index (χ3v) is 16.3. The van der Waals surface area contributed by atoms with Crippen molar-refractivity contribution in [1.82, 2.24) is 0 Å². The zero-order valence-electron chi connectivity index (χ0n) is 15.3. The Labute approximate surface area is 129 Å². The lowest BCUT2D eigenvalue weighted by atomic mass is 10.2. The molecule has 0 saturated heterocycles. The SMILES string of the molecule is CC[Si](CC)(CC)O[C@H](C[C@@H](C)O)[Si](C)(C)C(C)(C)C. The first kappa shape index (κ1) is 20.4. The van der Waals surface area contributed by atoms with Crippen LogP contribution in [0.3, 0.4) is 0 Å². The number of aliphatic hydroxyl groups is 1. The molecule has 0 aromatic heterocycles. The molecular weight excluding hydrogens is 280 g/mol. The van der Waals surface area contributed by atoms with Gasteiger partial charge in [-0.25, -0.2) is 0 Å². The van der Waals surface area contributed by atoms with Crippen molar-refractivity contribution in [1.29, 1.82) is 0 Å². The van der Waals surface area contributed by atoms with Gasteiger partial charge < -0.3 is 9.53 Å². The minimum atomic E-state index is -1.61. The second kappa shape index (κ2) is 7.57. The van der Waals surface area contributed by atoms with Crippen molar-refractivity contribution in [2.45, 2.75) is 103 Å². The molecule has 0 aliphatic rings. The van der Waals surface area contributed by atoms with Crippen molar-refractivity contribution < 1.29 is 9.53 Å². The molecule has 0 bridgehead atoms. The molecule has 0 unspecified atom stereocenters. The lowest BCUT2D eigenvalue weighted by molar-refractivity contribution is 0.129. The summed E-state index contributed by atoms with van der Waals surface area (Å²) in [6.45, 7) is 20.6. The van der Waals surface area contributed by atoms with Crippen molar-refractivity contribution in [2.24, 2.45) is 0 Å². The van der Waals surface area contributed by atoms with E-state index in [0.29, 0.717) is 5.04 Å². The second-order valence-electron chi connectivity index (χ2n) is 7.91. The Kier molecular flexibility index (Phi) is 7.70. The highest BCUT2D eigenvalue weighted by Crippen LogP contribution is 2.42. The van der Waals surface area contributed by atoms with Crippen molar-refractivity contribution in [2.75, 3.05) is 0 Å². The molecule has 0 spiro atoms. The third-order valence-electron chi connectivity index (χ3n) is 5.62. The zero-order valence-corrected chi connectivity index (χ0v) is 17.3. The molecule has 122 valence electrons. The van der Waals surface area contributed by atoms with Gasteiger partial charge >= 0.3 is 0 Å². The smallest absolute Gasteiger partial charge is 0.191 e. The first-order valence-corrected chi connectivity index (χ1v) is 13.9. The van der Waals surface area contributed by atoms with Gasteiger partial charge in [-0.15, -0.1) is 0 Å². The number of rotatable bonds is 8. The van der Waals surface area contributed by atoms with Gasteiger partial charge in [-0.3, -0.25) is 0 Å². The van der Waals surface area contributed by atoms with E-state index in [-0.39, 0.29) is 11.8 Å². The molecule has 20 heavy (non-hydrogen) atoms. The van der Waals surface area contributed by atoms with Crippen LogP contribution in [0.5, 0.6) is 0 Å². The minimum absolute atomic E-state index is 0.272. The van der Waals surface area contributed by atoms with E-state index in [1.807, 2.05) is 6.92 Å². The summed E-state index contributed by atoms with van der Waals surface area (Å²) in [4.78, 5) is 0. The number of aliphatic hydroxyl groups excluding tert-OH is 1. The van der Waals surface area contributed by atoms with Crippen LogP contribution in [-0.4, -0.2) is 33.3 Å². The first-order valence-electron chi connectivity index (χ1n) is 8.31. The van der Waals surface area contributed by atoms with Crippen LogP contribution in [0.25, 0.3) is 0 Å². The van der Waals surface area contributed by atoms with E-state index >= 15 is 0 Å². The summed E-state index contributed by atoms with van der Waals surface area (Å²) in [6, 6.07) is 3.56. The summed E-state index contributed by atoms with van der Waals surface area (Å²) in [5.41, 5.74) is 0.272. The molecule has 0 aliphatic carbocycles. The van der Waals surface area contributed by atoms with E-state index in [1.165, 1.54) is 18.1 Å². The summed E-state index contributed by atoms with van der Waals surface area (Å²) in [5, 5.41) is 10.2. The quantitative estimate of drug-likeness (QED) is 0.624. The maximum absolute atomic E-state index is 9.92. The van der Waals surface area contributed by atoms with Crippen molar-refractivity contribution in [3.63, 3.8) is 0 Å². The topological polar surface area (TPSA) is 29.5 Å². The molecule has 0 amide bonds. The molecule has 4 heteroatoms. The molecular formula is C16H38O2Si2. The van der Waals surface area contributed by atoms with Gasteiger partial charge in [-0.1, -0.05) is 54.6 Å². The summed E-state index contributed by atoms with van der Waals surface area (Å²) in [7, 11) is -3.22. The predicted octanol–water partition coefficient (Wildman–Crippen LogP) is 5.20. The Morgan fingerprint density at radius 3 is 1.65 bits per heavy atom. The Morgan fingerprint density at radius 1 is 1.00 bits per heavy atom. The molecule has 0 radical (unpaired) electrons. The molecule has 0 aliphatic heterocycles. The van der Waals surface area contributed by atoms with E-state index in [2.05, 4.69) is 54.6 Å². The van der Waals surface area contributed by atoms with Crippen LogP contribution >= 0.6 is 0 Å². The molecule has 0 aromatic carbocycles. The Balaban J connectivity index is 5.37. The molecule has 0 saturated carbocycles. The molecule has 0 rings (SSSR count). The largest absolute Gasteiger partial charge is 0.417 e. The molecule has 2 nitrogen and oxygen atoms in total. The lowest BCUT2D eigenvalue weighted by Crippen LogP contribution is -2.56. The molecule has 1 N–H and O–H groups in total. The maximum Gasteiger partial charge on any atom is 0.191 e. The van der Waals surface area contributed by atoms with Crippen LogP contribution in [0.1, 0.15) is 54.9 Å². The third kappa shape index (κ3) is 4.97. The van der Waals surface area contributed by atoms with E-state index < -0.39 is 16.4 Å². The zero-order chi connectivity index (χ0) is 16.2. The van der Waals surface area contributed by atoms with Gasteiger partial charge in [0.2, 0.25) is 0 Å². The molecule has 0 fully saturated rings. The summed E-state index contributed by atoms with van der Waals surface area (Å²) in [5.74, 6) is 0. The fraction of sp³-hybridized carbons (Fsp3) is 1.00. The Morgan fingerprint density at radius 2 is 1.40 bits per heavy atom. The lowest BCUT2D eigenvalue weighted by Gasteiger charge is -2.47. The average Bonchev–Trinajstić information content (AvgIpc) is 2.33. The Bertz CT molecular complexity index is 270. The van der Waals surface area contributed by atoms with Gasteiger partial charge in [0.05, 0.1) is 14.2 Å². The maximum atomic E-state index is 9.92. The van der Waals surface area contributed by atoms with E-state index in [1.54, 1.807) is 0 Å². The first-order chi connectivity index (χ1) is 8.95. The van der Waals surface area contributed by atoms with Crippen LogP contribution in [0.2, 0.25) is 36.3 Å². The predicted molar refractivity (Wildman–Crippen MR) is 95.6 cm³/mol. The fourth-order valence-corrected chi connectivity index (χ4v) is 9.11. The minimum Gasteiger partial charge on any atom is -0.417 e. The van der Waals surface area contributed by atoms with E-state index in [4.69, 9.17) is 4.43 Å². The van der Waals surface area contributed by atoms with Gasteiger partial charge in [0.1, 0.15) is 0 Å². The van der Waals surface area contributed by atoms with Gasteiger partial charge in [-0.05, 0) is 36.5 Å². The van der Waals surface area contributed by atoms with Crippen molar-refractivity contribution in [3.05, 3.63) is 0 Å². The highest BCUT2D eigenvalue weighted by atomic mass is 28.4. The molecule has 2 atom stereocenters. The normalized spacial score (nSPS) is 17.1. The summed E-state index contributed by atoms with van der Waals surface area (Å²) < 4.78 is 6.83. The summed E-state index contributed by atoms with van der Waals surface area (Å²) in [6.07, 6.45) is 0.525. The highest BCUT2D eigenvalue weighted by molar-refractivity contribution is 6.83. The van der Waals surface area contributed by atoms with Crippen LogP contribution < -0.4 is 0 Å². The van der Waals surface area contributed by atoms with Crippen LogP contribution in [-0.2, 0) is 4.43 Å². The molecule has 0 aromatic rings. The number of hydrogen-bond acceptors (Lipinski definition) is 2. The van der Waals surface area contributed by atoms with Gasteiger partial charge in [0.15, 0.2) is 8.32 Å². The van der Waals surface area contributed by atoms with Crippen LogP contribution in [0, 0.1) is 0 Å².